The summed E-state index contributed by atoms with van der Waals surface area (Å²) in [6.45, 7) is 10.6. The van der Waals surface area contributed by atoms with Crippen LogP contribution in [0.4, 0.5) is 0 Å². The highest BCUT2D eigenvalue weighted by Crippen LogP contribution is 2.34. The fourth-order valence-corrected chi connectivity index (χ4v) is 4.57. The molecule has 0 radical (unpaired) electrons. The monoisotopic (exact) mass is 566 g/mol. The Bertz CT molecular complexity index is 750. The first kappa shape index (κ1) is 36.1. The Labute approximate surface area is 243 Å². The second kappa shape index (κ2) is 20.9. The molecule has 40 heavy (non-hydrogen) atoms. The van der Waals surface area contributed by atoms with Crippen molar-refractivity contribution < 1.29 is 28.6 Å². The first-order chi connectivity index (χ1) is 19.1. The van der Waals surface area contributed by atoms with E-state index in [1.54, 1.807) is 13.8 Å². The Morgan fingerprint density at radius 1 is 0.800 bits per heavy atom. The summed E-state index contributed by atoms with van der Waals surface area (Å²) in [4.78, 5) is 36.5. The third-order valence-electron chi connectivity index (χ3n) is 7.12. The molecule has 1 unspecified atom stereocenters. The second-order valence-corrected chi connectivity index (χ2v) is 12.1. The SMILES string of the molecule is CCCCCCCC/C=C\CCCCCCCC(=O)NCCOC(=O)CCNC(=O)C1OC(C)(C)OCC1(C)C. The van der Waals surface area contributed by atoms with Gasteiger partial charge in [-0.1, -0.05) is 84.3 Å². The minimum atomic E-state index is -0.828. The van der Waals surface area contributed by atoms with Crippen molar-refractivity contribution in [2.24, 2.45) is 5.41 Å². The van der Waals surface area contributed by atoms with Crippen molar-refractivity contribution in [1.29, 1.82) is 0 Å². The fourth-order valence-electron chi connectivity index (χ4n) is 4.57. The van der Waals surface area contributed by atoms with Gasteiger partial charge in [-0.3, -0.25) is 14.4 Å². The molecule has 0 aromatic heterocycles. The van der Waals surface area contributed by atoms with E-state index in [0.29, 0.717) is 19.6 Å². The van der Waals surface area contributed by atoms with Crippen molar-refractivity contribution in [3.8, 4) is 0 Å². The highest BCUT2D eigenvalue weighted by molar-refractivity contribution is 5.82. The van der Waals surface area contributed by atoms with Gasteiger partial charge in [0.15, 0.2) is 5.79 Å². The summed E-state index contributed by atoms with van der Waals surface area (Å²) in [5.74, 6) is -1.52. The quantitative estimate of drug-likeness (QED) is 0.0897. The third-order valence-corrected chi connectivity index (χ3v) is 7.12. The Morgan fingerprint density at radius 3 is 2.05 bits per heavy atom. The number of rotatable bonds is 22. The van der Waals surface area contributed by atoms with E-state index in [-0.39, 0.29) is 31.4 Å². The summed E-state index contributed by atoms with van der Waals surface area (Å²) in [7, 11) is 0. The van der Waals surface area contributed by atoms with Gasteiger partial charge in [-0.25, -0.2) is 0 Å². The van der Waals surface area contributed by atoms with Crippen LogP contribution in [0.1, 0.15) is 131 Å². The molecule has 232 valence electrons. The molecule has 0 aliphatic carbocycles. The maximum Gasteiger partial charge on any atom is 0.307 e. The second-order valence-electron chi connectivity index (χ2n) is 12.1. The van der Waals surface area contributed by atoms with E-state index in [9.17, 15) is 14.4 Å². The van der Waals surface area contributed by atoms with Gasteiger partial charge in [0.1, 0.15) is 12.7 Å². The molecule has 2 N–H and O–H groups in total. The van der Waals surface area contributed by atoms with Gasteiger partial charge in [-0.2, -0.15) is 0 Å². The topological polar surface area (TPSA) is 103 Å². The maximum absolute atomic E-state index is 12.6. The van der Waals surface area contributed by atoms with Gasteiger partial charge in [0.2, 0.25) is 11.8 Å². The molecule has 8 heteroatoms. The van der Waals surface area contributed by atoms with Crippen LogP contribution in [0.25, 0.3) is 0 Å². The normalized spacial score (nSPS) is 18.0. The Kier molecular flexibility index (Phi) is 18.8. The molecule has 1 rings (SSSR count). The molecule has 0 spiro atoms. The molecule has 1 fully saturated rings. The van der Waals surface area contributed by atoms with E-state index >= 15 is 0 Å². The molecule has 1 aliphatic heterocycles. The van der Waals surface area contributed by atoms with Crippen molar-refractivity contribution in [3.63, 3.8) is 0 Å². The van der Waals surface area contributed by atoms with E-state index in [0.717, 1.165) is 25.7 Å². The lowest BCUT2D eigenvalue weighted by molar-refractivity contribution is -0.304. The molecule has 1 atom stereocenters. The highest BCUT2D eigenvalue weighted by Gasteiger charge is 2.45. The maximum atomic E-state index is 12.6. The van der Waals surface area contributed by atoms with Gasteiger partial charge < -0.3 is 24.8 Å². The first-order valence-corrected chi connectivity index (χ1v) is 15.7. The Balaban J connectivity index is 1.95. The largest absolute Gasteiger partial charge is 0.464 e. The number of allylic oxidation sites excluding steroid dienone is 2. The van der Waals surface area contributed by atoms with E-state index in [1.807, 2.05) is 13.8 Å². The minimum Gasteiger partial charge on any atom is -0.464 e. The molecule has 0 aromatic rings. The van der Waals surface area contributed by atoms with Crippen LogP contribution in [0, 0.1) is 5.41 Å². The minimum absolute atomic E-state index is 0.0112. The number of ether oxygens (including phenoxy) is 3. The average molecular weight is 567 g/mol. The van der Waals surface area contributed by atoms with Crippen LogP contribution in [0.3, 0.4) is 0 Å². The lowest BCUT2D eigenvalue weighted by atomic mass is 9.85. The van der Waals surface area contributed by atoms with Crippen LogP contribution in [-0.2, 0) is 28.6 Å². The molecule has 8 nitrogen and oxygen atoms in total. The van der Waals surface area contributed by atoms with Crippen molar-refractivity contribution >= 4 is 17.8 Å². The third kappa shape index (κ3) is 17.7. The molecule has 0 saturated carbocycles. The number of unbranched alkanes of at least 4 members (excludes halogenated alkanes) is 11. The zero-order valence-corrected chi connectivity index (χ0v) is 26.1. The molecular formula is C32H58N2O6. The van der Waals surface area contributed by atoms with Crippen LogP contribution in [0.2, 0.25) is 0 Å². The van der Waals surface area contributed by atoms with E-state index in [1.165, 1.54) is 57.8 Å². The Hall–Kier alpha value is -1.93. The smallest absolute Gasteiger partial charge is 0.307 e. The molecular weight excluding hydrogens is 508 g/mol. The molecule has 1 heterocycles. The number of hydrogen-bond acceptors (Lipinski definition) is 6. The van der Waals surface area contributed by atoms with Crippen LogP contribution in [0.5, 0.6) is 0 Å². The lowest BCUT2D eigenvalue weighted by Gasteiger charge is -2.44. The fraction of sp³-hybridized carbons (Fsp3) is 0.844. The van der Waals surface area contributed by atoms with Crippen LogP contribution in [-0.4, -0.2) is 56.0 Å². The highest BCUT2D eigenvalue weighted by atomic mass is 16.7. The first-order valence-electron chi connectivity index (χ1n) is 15.7. The molecule has 1 aliphatic rings. The van der Waals surface area contributed by atoms with Crippen LogP contribution >= 0.6 is 0 Å². The van der Waals surface area contributed by atoms with E-state index < -0.39 is 23.3 Å². The van der Waals surface area contributed by atoms with E-state index in [4.69, 9.17) is 14.2 Å². The van der Waals surface area contributed by atoms with Crippen molar-refractivity contribution in [2.75, 3.05) is 26.3 Å². The van der Waals surface area contributed by atoms with Crippen molar-refractivity contribution in [3.05, 3.63) is 12.2 Å². The van der Waals surface area contributed by atoms with Gasteiger partial charge in [-0.15, -0.1) is 0 Å². The number of hydrogen-bond donors (Lipinski definition) is 2. The van der Waals surface area contributed by atoms with Crippen LogP contribution in [0.15, 0.2) is 12.2 Å². The van der Waals surface area contributed by atoms with Crippen molar-refractivity contribution in [2.45, 2.75) is 143 Å². The van der Waals surface area contributed by atoms with Gasteiger partial charge in [0.05, 0.1) is 19.6 Å². The number of carbonyl (C=O) groups excluding carboxylic acids is 3. The molecule has 1 saturated heterocycles. The zero-order valence-electron chi connectivity index (χ0n) is 26.1. The van der Waals surface area contributed by atoms with Gasteiger partial charge in [0, 0.05) is 18.4 Å². The number of carbonyl (C=O) groups is 3. The van der Waals surface area contributed by atoms with Gasteiger partial charge in [0.25, 0.3) is 0 Å². The summed E-state index contributed by atoms with van der Waals surface area (Å²) in [5.41, 5.74) is -0.470. The van der Waals surface area contributed by atoms with Gasteiger partial charge >= 0.3 is 5.97 Å². The predicted molar refractivity (Wildman–Crippen MR) is 160 cm³/mol. The van der Waals surface area contributed by atoms with Crippen molar-refractivity contribution in [1.82, 2.24) is 10.6 Å². The Morgan fingerprint density at radius 2 is 1.40 bits per heavy atom. The average Bonchev–Trinajstić information content (AvgIpc) is 2.90. The number of amides is 2. The summed E-state index contributed by atoms with van der Waals surface area (Å²) in [6.07, 6.45) is 20.5. The lowest BCUT2D eigenvalue weighted by Crippen LogP contribution is -2.56. The zero-order chi connectivity index (χ0) is 29.7. The van der Waals surface area contributed by atoms with E-state index in [2.05, 4.69) is 29.7 Å². The molecule has 2 amide bonds. The van der Waals surface area contributed by atoms with Crippen LogP contribution < -0.4 is 10.6 Å². The predicted octanol–water partition coefficient (Wildman–Crippen LogP) is 6.37. The summed E-state index contributed by atoms with van der Waals surface area (Å²) in [6, 6.07) is 0. The van der Waals surface area contributed by atoms with Gasteiger partial charge in [-0.05, 0) is 46.0 Å². The summed E-state index contributed by atoms with van der Waals surface area (Å²) < 4.78 is 16.6. The summed E-state index contributed by atoms with van der Waals surface area (Å²) >= 11 is 0. The number of nitrogens with one attached hydrogen (secondary N) is 2. The standard InChI is InChI=1S/C32H58N2O6/c1-6-7-8-9-10-11-12-13-14-15-16-17-18-19-20-21-27(35)33-24-25-38-28(36)22-23-34-30(37)29-31(2,3)26-39-32(4,5)40-29/h13-14,29H,6-12,15-26H2,1-5H3,(H,33,35)(H,34,37)/b14-13-. The number of esters is 1. The summed E-state index contributed by atoms with van der Waals surface area (Å²) in [5, 5.41) is 5.55. The molecule has 0 bridgehead atoms. The molecule has 0 aromatic carbocycles.